The standard InChI is InChI=1S/C25H19NO2S.C20H25NO2S.C18H23NO2S.C13H14N2O2S.C12H13N3O2S.C9H8N4O2S/c1-14-11-20-19(18-9-8-16-5-3-4-6-17(16)13-18)10-7-15(2)22(20)21(12-14)23-24(27)26-25(28)29-23;1-20(2,3)16-10-13(11-17-18(22)21-19(23)24-17)9-15(12-16)14-7-5-4-6-8-14;1-17(2,3)13-9-7-12(8-10-13)11-14-15(20)19(16(21)22-14)18(4,5)6;1-13(2,3)10-5-4-8(7-14-10)6-9-11(16)15-12(17)18-9;1-12(2,3)9-6-13-7(5-14-9)4-8-10(16)15-11(17)18-8;1-4-10-5(2)12-7(11-4)3-6-8(14)13-9(15)16-6/h3-10,12-13H,11H2,1-2H3,(H,26,27,28);9-12,14H,4-8H2,1-3H3,(H,21,22,23);7-11H,1-6H3;4-7H,1-3H3,(H,15,16,17);4-6H,1-3H3,(H,15,16,17);3H,1-2H3,(H,13,14,15)/b23-21-;17-11-;14-11-;9-6-;8-4-;6-3-. The van der Waals surface area contributed by atoms with Crippen molar-refractivity contribution in [1.29, 1.82) is 0 Å². The zero-order chi connectivity index (χ0) is 92.5. The van der Waals surface area contributed by atoms with E-state index in [9.17, 15) is 57.5 Å². The third-order valence-corrected chi connectivity index (χ3v) is 25.6. The maximum absolute atomic E-state index is 12.4. The molecule has 127 heavy (non-hydrogen) atoms. The molecule has 24 nitrogen and oxygen atoms in total. The summed E-state index contributed by atoms with van der Waals surface area (Å²) < 4.78 is 0. The fourth-order valence-electron chi connectivity index (χ4n) is 14.1. The first kappa shape index (κ1) is 96.4. The second kappa shape index (κ2) is 40.4. The van der Waals surface area contributed by atoms with E-state index in [-0.39, 0.29) is 82.6 Å². The number of nitrogens with one attached hydrogen (secondary N) is 5. The van der Waals surface area contributed by atoms with Crippen LogP contribution in [0.2, 0.25) is 0 Å². The van der Waals surface area contributed by atoms with Crippen molar-refractivity contribution in [1.82, 2.24) is 61.4 Å². The molecular weight excluding hydrogens is 1720 g/mol. The van der Waals surface area contributed by atoms with Crippen molar-refractivity contribution in [2.75, 3.05) is 0 Å². The molecule has 0 atom stereocenters. The minimum Gasteiger partial charge on any atom is -0.282 e. The number of allylic oxidation sites excluding steroid dienone is 3. The average Bonchev–Trinajstić information content (AvgIpc) is 1.66. The van der Waals surface area contributed by atoms with Crippen LogP contribution in [0.5, 0.6) is 0 Å². The molecule has 6 aliphatic heterocycles. The number of carbonyl (C=O) groups excluding carboxylic acids is 12. The third kappa shape index (κ3) is 25.8. The highest BCUT2D eigenvalue weighted by atomic mass is 32.2. The van der Waals surface area contributed by atoms with Gasteiger partial charge in [0.15, 0.2) is 5.82 Å². The number of aromatic nitrogens is 6. The minimum absolute atomic E-state index is 0.00111. The van der Waals surface area contributed by atoms with E-state index in [1.165, 1.54) is 92.8 Å². The molecule has 6 saturated heterocycles. The summed E-state index contributed by atoms with van der Waals surface area (Å²) in [6.07, 6.45) is 22.7. The zero-order valence-corrected chi connectivity index (χ0v) is 79.3. The van der Waals surface area contributed by atoms with E-state index in [1.807, 2.05) is 78.0 Å². The van der Waals surface area contributed by atoms with Crippen molar-refractivity contribution in [3.63, 3.8) is 0 Å². The topological polar surface area (TPSA) is 346 Å². The van der Waals surface area contributed by atoms with Crippen LogP contribution in [0.15, 0.2) is 169 Å². The molecule has 8 aromatic rings. The molecule has 2 aliphatic carbocycles. The molecule has 0 unspecified atom stereocenters. The molecule has 3 aromatic heterocycles. The number of fused-ring (bicyclic) bond motifs is 2. The predicted molar refractivity (Wildman–Crippen MR) is 513 cm³/mol. The lowest BCUT2D eigenvalue weighted by Crippen LogP contribution is -2.44. The van der Waals surface area contributed by atoms with Crippen LogP contribution in [0.1, 0.15) is 233 Å². The summed E-state index contributed by atoms with van der Waals surface area (Å²) in [6, 6.07) is 37.8. The summed E-state index contributed by atoms with van der Waals surface area (Å²) in [5.74, 6) is 0.225. The Morgan fingerprint density at radius 2 is 0.929 bits per heavy atom. The van der Waals surface area contributed by atoms with Crippen LogP contribution >= 0.6 is 70.6 Å². The molecule has 9 heterocycles. The fourth-order valence-corrected chi connectivity index (χ4v) is 18.5. The second-order valence-electron chi connectivity index (χ2n) is 36.1. The molecule has 0 bridgehead atoms. The monoisotopic (exact) mass is 1820 g/mol. The fraction of sp³-hybridized carbons (Fsp3) is 0.320. The number of aryl methyl sites for hydroxylation is 3. The van der Waals surface area contributed by atoms with Gasteiger partial charge in [-0.05, 0) is 263 Å². The van der Waals surface area contributed by atoms with E-state index in [0.717, 1.165) is 122 Å². The Labute approximate surface area is 765 Å². The highest BCUT2D eigenvalue weighted by Crippen LogP contribution is 2.45. The predicted octanol–water partition coefficient (Wildman–Crippen LogP) is 21.8. The van der Waals surface area contributed by atoms with E-state index in [0.29, 0.717) is 58.5 Å². The van der Waals surface area contributed by atoms with Crippen LogP contribution < -0.4 is 26.6 Å². The third-order valence-electron chi connectivity index (χ3n) is 20.6. The first-order valence-electron chi connectivity index (χ1n) is 41.2. The summed E-state index contributed by atoms with van der Waals surface area (Å²) in [6.45, 7) is 38.8. The Balaban J connectivity index is 0.000000150. The van der Waals surface area contributed by atoms with Gasteiger partial charge in [0.1, 0.15) is 11.6 Å². The lowest BCUT2D eigenvalue weighted by Gasteiger charge is -2.28. The highest BCUT2D eigenvalue weighted by molar-refractivity contribution is 8.20. The van der Waals surface area contributed by atoms with Crippen molar-refractivity contribution in [3.8, 4) is 11.1 Å². The summed E-state index contributed by atoms with van der Waals surface area (Å²) in [5.41, 5.74) is 16.5. The van der Waals surface area contributed by atoms with Gasteiger partial charge in [0.2, 0.25) is 0 Å². The lowest BCUT2D eigenvalue weighted by atomic mass is 9.79. The van der Waals surface area contributed by atoms with E-state index in [1.54, 1.807) is 50.7 Å². The Morgan fingerprint density at radius 3 is 1.42 bits per heavy atom. The minimum atomic E-state index is -0.493. The maximum atomic E-state index is 12.4. The summed E-state index contributed by atoms with van der Waals surface area (Å²) >= 11 is 5.62. The number of nitrogens with zero attached hydrogens (tertiary/aromatic N) is 7. The molecule has 7 fully saturated rings. The second-order valence-corrected chi connectivity index (χ2v) is 42.2. The average molecular weight is 1820 g/mol. The number of benzene rings is 5. The van der Waals surface area contributed by atoms with Crippen LogP contribution in [0.4, 0.5) is 28.8 Å². The van der Waals surface area contributed by atoms with Gasteiger partial charge in [0.25, 0.3) is 66.9 Å². The van der Waals surface area contributed by atoms with E-state index in [2.05, 4.69) is 218 Å². The number of pyridine rings is 1. The molecule has 1 saturated carbocycles. The number of hydrogen-bond donors (Lipinski definition) is 5. The number of amides is 12. The van der Waals surface area contributed by atoms with Crippen LogP contribution in [0.3, 0.4) is 0 Å². The summed E-state index contributed by atoms with van der Waals surface area (Å²) in [7, 11) is 0. The first-order valence-corrected chi connectivity index (χ1v) is 46.1. The quantitative estimate of drug-likeness (QED) is 0.0925. The maximum Gasteiger partial charge on any atom is 0.294 e. The van der Waals surface area contributed by atoms with E-state index < -0.39 is 11.4 Å². The Kier molecular flexibility index (Phi) is 30.6. The number of thioether (sulfide) groups is 6. The number of imide groups is 6. The normalized spacial score (nSPS) is 18.9. The van der Waals surface area contributed by atoms with Crippen LogP contribution in [0.25, 0.3) is 57.9 Å². The Hall–Kier alpha value is -11.3. The number of hydrogen-bond acceptors (Lipinski definition) is 24. The van der Waals surface area contributed by atoms with E-state index >= 15 is 0 Å². The van der Waals surface area contributed by atoms with Gasteiger partial charge in [-0.25, -0.2) is 15.0 Å². The molecule has 12 amide bonds. The van der Waals surface area contributed by atoms with Gasteiger partial charge in [-0.1, -0.05) is 211 Å². The van der Waals surface area contributed by atoms with Crippen molar-refractivity contribution in [2.45, 2.75) is 203 Å². The zero-order valence-electron chi connectivity index (χ0n) is 74.4. The molecule has 658 valence electrons. The van der Waals surface area contributed by atoms with Gasteiger partial charge >= 0.3 is 0 Å². The molecule has 16 rings (SSSR count). The van der Waals surface area contributed by atoms with Gasteiger partial charge in [-0.3, -0.25) is 104 Å². The molecule has 0 spiro atoms. The van der Waals surface area contributed by atoms with Gasteiger partial charge < -0.3 is 0 Å². The number of rotatable bonds is 7. The van der Waals surface area contributed by atoms with Gasteiger partial charge in [0, 0.05) is 46.1 Å². The molecule has 5 N–H and O–H groups in total. The van der Waals surface area contributed by atoms with Crippen molar-refractivity contribution < 1.29 is 57.5 Å². The SMILES string of the molecule is CC(C)(C)c1cc(/C=C2\SC(=O)NC2=O)cc(C2CCCCC2)c1.CC(C)(C)c1ccc(/C=C2\SC(=O)N(C(C)(C)C)C2=O)cc1.CC(C)(C)c1ccc(/C=C2\SC(=O)NC2=O)cn1.CC(C)(C)c1cnc(/C=C2\SC(=O)NC2=O)cn1.CC1=C/C(=C2/SC(=O)NC2=O)c2c(C)ccc(-c3ccc4ccccc4c3)c2C1.Cc1nc(C)nc(/C=C2\SC(=O)NC2=O)n1. The van der Waals surface area contributed by atoms with E-state index in [4.69, 9.17) is 0 Å². The first-order chi connectivity index (χ1) is 59.6. The van der Waals surface area contributed by atoms with Crippen LogP contribution in [-0.2, 0) is 56.8 Å². The number of carbonyl (C=O) groups is 12. The largest absolute Gasteiger partial charge is 0.294 e. The van der Waals surface area contributed by atoms with Gasteiger partial charge in [-0.2, -0.15) is 0 Å². The highest BCUT2D eigenvalue weighted by Gasteiger charge is 2.42. The lowest BCUT2D eigenvalue weighted by molar-refractivity contribution is -0.126. The van der Waals surface area contributed by atoms with Crippen molar-refractivity contribution >= 4 is 184 Å². The van der Waals surface area contributed by atoms with Gasteiger partial charge in [-0.15, -0.1) is 0 Å². The van der Waals surface area contributed by atoms with Crippen molar-refractivity contribution in [3.05, 3.63) is 253 Å². The Bertz CT molecular complexity index is 5910. The Morgan fingerprint density at radius 1 is 0.417 bits per heavy atom. The van der Waals surface area contributed by atoms with Crippen LogP contribution in [-0.4, -0.2) is 107 Å². The molecule has 8 aliphatic rings. The molecule has 30 heteroatoms. The van der Waals surface area contributed by atoms with Gasteiger partial charge in [0.05, 0.1) is 47.0 Å². The van der Waals surface area contributed by atoms with Crippen molar-refractivity contribution in [2.24, 2.45) is 0 Å². The summed E-state index contributed by atoms with van der Waals surface area (Å²) in [5, 5.41) is 11.9. The molecule has 0 radical (unpaired) electrons. The smallest absolute Gasteiger partial charge is 0.282 e. The molecule has 5 aromatic carbocycles. The van der Waals surface area contributed by atoms with Crippen LogP contribution in [0, 0.1) is 20.8 Å². The molecular formula is C97H102N12O12S6. The summed E-state index contributed by atoms with van der Waals surface area (Å²) in [4.78, 5) is 168.